The lowest BCUT2D eigenvalue weighted by atomic mass is 10.2. The molecule has 1 amide bonds. The van der Waals surface area contributed by atoms with Gasteiger partial charge in [-0.15, -0.1) is 0 Å². The van der Waals surface area contributed by atoms with Crippen LogP contribution in [0.1, 0.15) is 25.3 Å². The van der Waals surface area contributed by atoms with Gasteiger partial charge < -0.3 is 10.1 Å². The maximum atomic E-state index is 12.9. The molecule has 0 fully saturated rings. The summed E-state index contributed by atoms with van der Waals surface area (Å²) in [6.45, 7) is 2.27. The van der Waals surface area contributed by atoms with E-state index in [4.69, 9.17) is 4.74 Å². The van der Waals surface area contributed by atoms with E-state index in [1.165, 1.54) is 12.1 Å². The molecule has 5 heteroatoms. The van der Waals surface area contributed by atoms with E-state index in [9.17, 15) is 14.0 Å². The largest absolute Gasteiger partial charge is 0.466 e. The van der Waals surface area contributed by atoms with Gasteiger partial charge in [0.15, 0.2) is 0 Å². The van der Waals surface area contributed by atoms with Gasteiger partial charge in [0, 0.05) is 13.0 Å². The SMILES string of the molecule is CCOC(=O)CCC(=O)NCc1cccc(F)c1. The fraction of sp³-hybridized carbons (Fsp3) is 0.385. The summed E-state index contributed by atoms with van der Waals surface area (Å²) >= 11 is 0. The number of hydrogen-bond acceptors (Lipinski definition) is 3. The van der Waals surface area contributed by atoms with Gasteiger partial charge in [-0.1, -0.05) is 12.1 Å². The minimum Gasteiger partial charge on any atom is -0.466 e. The number of benzene rings is 1. The average molecular weight is 253 g/mol. The summed E-state index contributed by atoms with van der Waals surface area (Å²) in [4.78, 5) is 22.4. The Kier molecular flexibility index (Phi) is 5.84. The molecule has 0 aliphatic carbocycles. The normalized spacial score (nSPS) is 9.89. The molecule has 0 heterocycles. The van der Waals surface area contributed by atoms with Crippen LogP contribution in [-0.4, -0.2) is 18.5 Å². The molecule has 1 aromatic carbocycles. The number of halogens is 1. The zero-order valence-electron chi connectivity index (χ0n) is 10.2. The van der Waals surface area contributed by atoms with Crippen molar-refractivity contribution in [2.45, 2.75) is 26.3 Å². The maximum absolute atomic E-state index is 12.9. The van der Waals surface area contributed by atoms with Gasteiger partial charge in [0.25, 0.3) is 0 Å². The molecule has 1 rings (SSSR count). The number of nitrogens with one attached hydrogen (secondary N) is 1. The third kappa shape index (κ3) is 5.43. The number of carbonyl (C=O) groups is 2. The topological polar surface area (TPSA) is 55.4 Å². The van der Waals surface area contributed by atoms with Crippen molar-refractivity contribution in [2.75, 3.05) is 6.61 Å². The highest BCUT2D eigenvalue weighted by atomic mass is 19.1. The van der Waals surface area contributed by atoms with Gasteiger partial charge in [0.1, 0.15) is 5.82 Å². The molecule has 0 radical (unpaired) electrons. The summed E-state index contributed by atoms with van der Waals surface area (Å²) in [5.41, 5.74) is 0.680. The Morgan fingerprint density at radius 1 is 1.33 bits per heavy atom. The summed E-state index contributed by atoms with van der Waals surface area (Å²) in [5.74, 6) is -0.987. The molecule has 0 aliphatic rings. The Bertz CT molecular complexity index is 420. The van der Waals surface area contributed by atoms with Crippen molar-refractivity contribution >= 4 is 11.9 Å². The van der Waals surface area contributed by atoms with E-state index in [2.05, 4.69) is 5.32 Å². The van der Waals surface area contributed by atoms with Crippen molar-refractivity contribution in [1.82, 2.24) is 5.32 Å². The minimum absolute atomic E-state index is 0.0584. The van der Waals surface area contributed by atoms with E-state index >= 15 is 0 Å². The molecule has 1 aromatic rings. The molecule has 1 N–H and O–H groups in total. The molecule has 0 bridgehead atoms. The molecular weight excluding hydrogens is 237 g/mol. The van der Waals surface area contributed by atoms with Crippen molar-refractivity contribution < 1.29 is 18.7 Å². The highest BCUT2D eigenvalue weighted by Crippen LogP contribution is 2.03. The molecular formula is C13H16FNO3. The van der Waals surface area contributed by atoms with Gasteiger partial charge in [-0.25, -0.2) is 4.39 Å². The number of amides is 1. The Balaban J connectivity index is 2.27. The second kappa shape index (κ2) is 7.42. The maximum Gasteiger partial charge on any atom is 0.306 e. The lowest BCUT2D eigenvalue weighted by Crippen LogP contribution is -2.23. The molecule has 0 saturated heterocycles. The number of esters is 1. The van der Waals surface area contributed by atoms with Crippen molar-refractivity contribution in [3.8, 4) is 0 Å². The smallest absolute Gasteiger partial charge is 0.306 e. The number of hydrogen-bond donors (Lipinski definition) is 1. The van der Waals surface area contributed by atoms with Crippen LogP contribution in [-0.2, 0) is 20.9 Å². The highest BCUT2D eigenvalue weighted by molar-refractivity contribution is 5.81. The van der Waals surface area contributed by atoms with Gasteiger partial charge in [0.2, 0.25) is 5.91 Å². The standard InChI is InChI=1S/C13H16FNO3/c1-2-18-13(17)7-6-12(16)15-9-10-4-3-5-11(14)8-10/h3-5,8H,2,6-7,9H2,1H3,(H,15,16). The second-order valence-corrected chi connectivity index (χ2v) is 3.71. The zero-order valence-corrected chi connectivity index (χ0v) is 10.2. The van der Waals surface area contributed by atoms with Crippen LogP contribution in [0.4, 0.5) is 4.39 Å². The van der Waals surface area contributed by atoms with Crippen molar-refractivity contribution in [3.63, 3.8) is 0 Å². The summed E-state index contributed by atoms with van der Waals surface area (Å²) in [6.07, 6.45) is 0.136. The summed E-state index contributed by atoms with van der Waals surface area (Å²) in [6, 6.07) is 5.99. The van der Waals surface area contributed by atoms with Crippen LogP contribution in [0, 0.1) is 5.82 Å². The Morgan fingerprint density at radius 3 is 2.78 bits per heavy atom. The van der Waals surface area contributed by atoms with Gasteiger partial charge in [0.05, 0.1) is 13.0 Å². The molecule has 18 heavy (non-hydrogen) atoms. The second-order valence-electron chi connectivity index (χ2n) is 3.71. The first-order valence-corrected chi connectivity index (χ1v) is 5.78. The monoisotopic (exact) mass is 253 g/mol. The molecule has 0 atom stereocenters. The van der Waals surface area contributed by atoms with E-state index in [1.807, 2.05) is 0 Å². The number of rotatable bonds is 6. The van der Waals surface area contributed by atoms with Crippen LogP contribution in [0.3, 0.4) is 0 Å². The van der Waals surface area contributed by atoms with Crippen LogP contribution in [0.15, 0.2) is 24.3 Å². The molecule has 4 nitrogen and oxygen atoms in total. The third-order valence-corrected chi connectivity index (χ3v) is 2.24. The lowest BCUT2D eigenvalue weighted by Gasteiger charge is -2.05. The van der Waals surface area contributed by atoms with E-state index in [-0.39, 0.29) is 31.1 Å². The summed E-state index contributed by atoms with van der Waals surface area (Å²) < 4.78 is 17.6. The quantitative estimate of drug-likeness (QED) is 0.786. The first-order chi connectivity index (χ1) is 8.61. The average Bonchev–Trinajstić information content (AvgIpc) is 2.34. The van der Waals surface area contributed by atoms with Crippen LogP contribution >= 0.6 is 0 Å². The lowest BCUT2D eigenvalue weighted by molar-refractivity contribution is -0.144. The molecule has 0 aromatic heterocycles. The summed E-state index contributed by atoms with van der Waals surface area (Å²) in [5, 5.41) is 2.61. The van der Waals surface area contributed by atoms with Gasteiger partial charge in [-0.3, -0.25) is 9.59 Å². The predicted molar refractivity (Wildman–Crippen MR) is 64.1 cm³/mol. The van der Waals surface area contributed by atoms with E-state index in [1.54, 1.807) is 19.1 Å². The molecule has 0 aliphatic heterocycles. The molecule has 98 valence electrons. The van der Waals surface area contributed by atoms with Crippen molar-refractivity contribution in [2.24, 2.45) is 0 Å². The number of carbonyl (C=O) groups excluding carboxylic acids is 2. The Labute approximate surface area is 105 Å². The van der Waals surface area contributed by atoms with Crippen LogP contribution in [0.25, 0.3) is 0 Å². The van der Waals surface area contributed by atoms with Crippen LogP contribution in [0.2, 0.25) is 0 Å². The van der Waals surface area contributed by atoms with E-state index in [0.29, 0.717) is 12.2 Å². The van der Waals surface area contributed by atoms with E-state index in [0.717, 1.165) is 0 Å². The molecule has 0 saturated carbocycles. The Hall–Kier alpha value is -1.91. The predicted octanol–water partition coefficient (Wildman–Crippen LogP) is 1.79. The first kappa shape index (κ1) is 14.2. The zero-order chi connectivity index (χ0) is 13.4. The van der Waals surface area contributed by atoms with Crippen molar-refractivity contribution in [3.05, 3.63) is 35.6 Å². The highest BCUT2D eigenvalue weighted by Gasteiger charge is 2.07. The fourth-order valence-electron chi connectivity index (χ4n) is 1.38. The van der Waals surface area contributed by atoms with Crippen LogP contribution in [0.5, 0.6) is 0 Å². The molecule has 0 unspecified atom stereocenters. The van der Waals surface area contributed by atoms with Gasteiger partial charge in [-0.2, -0.15) is 0 Å². The van der Waals surface area contributed by atoms with Crippen LogP contribution < -0.4 is 5.32 Å². The van der Waals surface area contributed by atoms with Crippen molar-refractivity contribution in [1.29, 1.82) is 0 Å². The fourth-order valence-corrected chi connectivity index (χ4v) is 1.38. The van der Waals surface area contributed by atoms with Gasteiger partial charge >= 0.3 is 5.97 Å². The Morgan fingerprint density at radius 2 is 2.11 bits per heavy atom. The third-order valence-electron chi connectivity index (χ3n) is 2.24. The summed E-state index contributed by atoms with van der Waals surface area (Å²) in [7, 11) is 0. The van der Waals surface area contributed by atoms with Gasteiger partial charge in [-0.05, 0) is 24.6 Å². The molecule has 0 spiro atoms. The first-order valence-electron chi connectivity index (χ1n) is 5.78. The van der Waals surface area contributed by atoms with E-state index < -0.39 is 5.97 Å². The number of ether oxygens (including phenoxy) is 1. The minimum atomic E-state index is -0.390.